The number of anilines is 1. The molecule has 2 aromatic carbocycles. The quantitative estimate of drug-likeness (QED) is 0.294. The Labute approximate surface area is 221 Å². The highest BCUT2D eigenvalue weighted by atomic mass is 35.5. The second kappa shape index (κ2) is 11.2. The summed E-state index contributed by atoms with van der Waals surface area (Å²) >= 11 is 6.43. The van der Waals surface area contributed by atoms with E-state index in [2.05, 4.69) is 9.88 Å². The number of fused-ring (bicyclic) bond motifs is 1. The van der Waals surface area contributed by atoms with E-state index in [1.165, 1.54) is 5.69 Å². The summed E-state index contributed by atoms with van der Waals surface area (Å²) < 4.78 is 4.92. The van der Waals surface area contributed by atoms with Crippen LogP contribution in [0.5, 0.6) is 5.75 Å². The number of hydrogen-bond donors (Lipinski definition) is 1. The molecule has 7 nitrogen and oxygen atoms in total. The van der Waals surface area contributed by atoms with E-state index in [0.717, 1.165) is 56.3 Å². The van der Waals surface area contributed by atoms with Crippen molar-refractivity contribution in [1.29, 1.82) is 0 Å². The number of nitrogens with zero attached hydrogens (tertiary/aromatic N) is 3. The molecule has 192 valence electrons. The number of benzene rings is 2. The molecule has 0 bridgehead atoms. The largest absolute Gasteiger partial charge is 0.511 e. The number of halogens is 1. The lowest BCUT2D eigenvalue weighted by Crippen LogP contribution is -2.38. The number of carboxylic acid groups (broad SMARTS) is 1. The van der Waals surface area contributed by atoms with E-state index in [-0.39, 0.29) is 17.7 Å². The number of aromatic nitrogens is 1. The van der Waals surface area contributed by atoms with Crippen LogP contribution in [0.2, 0.25) is 5.02 Å². The van der Waals surface area contributed by atoms with Crippen molar-refractivity contribution in [3.05, 3.63) is 88.7 Å². The fourth-order valence-electron chi connectivity index (χ4n) is 5.59. The molecule has 0 saturated carbocycles. The van der Waals surface area contributed by atoms with E-state index < -0.39 is 6.16 Å². The van der Waals surface area contributed by atoms with Crippen LogP contribution in [0.1, 0.15) is 53.2 Å². The lowest BCUT2D eigenvalue weighted by Gasteiger charge is -2.36. The predicted molar refractivity (Wildman–Crippen MR) is 142 cm³/mol. The average molecular weight is 520 g/mol. The molecule has 2 aliphatic rings. The first kappa shape index (κ1) is 25.1. The first-order valence-electron chi connectivity index (χ1n) is 12.7. The van der Waals surface area contributed by atoms with Crippen molar-refractivity contribution in [2.75, 3.05) is 24.5 Å². The molecule has 0 radical (unpaired) electrons. The highest BCUT2D eigenvalue weighted by molar-refractivity contribution is 6.33. The van der Waals surface area contributed by atoms with Crippen LogP contribution in [-0.2, 0) is 6.42 Å². The molecule has 3 aromatic rings. The van der Waals surface area contributed by atoms with E-state index in [0.29, 0.717) is 23.0 Å². The van der Waals surface area contributed by atoms with E-state index in [4.69, 9.17) is 21.4 Å². The first-order valence-corrected chi connectivity index (χ1v) is 13.1. The van der Waals surface area contributed by atoms with Gasteiger partial charge in [-0.3, -0.25) is 9.78 Å². The number of ether oxygens (including phenoxy) is 1. The molecule has 1 saturated heterocycles. The number of piperidine rings is 1. The monoisotopic (exact) mass is 519 g/mol. The number of hydrogen-bond acceptors (Lipinski definition) is 5. The van der Waals surface area contributed by atoms with Crippen LogP contribution in [0.4, 0.5) is 10.5 Å². The van der Waals surface area contributed by atoms with Crippen LogP contribution in [0, 0.1) is 5.92 Å². The van der Waals surface area contributed by atoms with Gasteiger partial charge in [0.2, 0.25) is 0 Å². The van der Waals surface area contributed by atoms with Gasteiger partial charge in [-0.05, 0) is 85.5 Å². The second-order valence-electron chi connectivity index (χ2n) is 9.69. The Morgan fingerprint density at radius 2 is 1.81 bits per heavy atom. The maximum atomic E-state index is 13.8. The van der Waals surface area contributed by atoms with Crippen LogP contribution in [0.3, 0.4) is 0 Å². The topological polar surface area (TPSA) is 83.0 Å². The molecular weight excluding hydrogens is 490 g/mol. The van der Waals surface area contributed by atoms with Crippen LogP contribution in [-0.4, -0.2) is 46.7 Å². The minimum absolute atomic E-state index is 0.0952. The van der Waals surface area contributed by atoms with E-state index >= 15 is 0 Å². The zero-order valence-electron chi connectivity index (χ0n) is 20.6. The van der Waals surface area contributed by atoms with Gasteiger partial charge in [0.05, 0.1) is 16.6 Å². The Balaban J connectivity index is 1.34. The van der Waals surface area contributed by atoms with Gasteiger partial charge >= 0.3 is 6.16 Å². The maximum absolute atomic E-state index is 13.8. The summed E-state index contributed by atoms with van der Waals surface area (Å²) in [5, 5.41) is 9.50. The predicted octanol–water partition coefficient (Wildman–Crippen LogP) is 6.23. The number of pyridine rings is 1. The molecule has 1 N–H and O–H groups in total. The standard InChI is InChI=1S/C29H30ClN3O4/c30-26-4-2-1-3-24(26)28(34)33(27-8-6-21-5-7-23(19-25(21)27)37-29(35)36)18-13-20-11-16-32(17-12-20)22-9-14-31-15-10-22/h1-5,7,9-10,14-15,19-20,27H,6,8,11-13,16-18H2,(H,35,36). The Morgan fingerprint density at radius 1 is 1.05 bits per heavy atom. The average Bonchev–Trinajstić information content (AvgIpc) is 3.32. The minimum atomic E-state index is -1.35. The van der Waals surface area contributed by atoms with Crippen molar-refractivity contribution in [3.63, 3.8) is 0 Å². The number of rotatable bonds is 7. The van der Waals surface area contributed by atoms with Gasteiger partial charge < -0.3 is 19.6 Å². The molecule has 1 fully saturated rings. The molecule has 0 spiro atoms. The molecule has 1 atom stereocenters. The molecule has 1 aromatic heterocycles. The third-order valence-corrected chi connectivity index (χ3v) is 7.86. The van der Waals surface area contributed by atoms with Crippen LogP contribution in [0.15, 0.2) is 67.0 Å². The molecule has 1 amide bonds. The van der Waals surface area contributed by atoms with Crippen molar-refractivity contribution in [2.24, 2.45) is 5.92 Å². The van der Waals surface area contributed by atoms with Gasteiger partial charge in [-0.15, -0.1) is 0 Å². The summed E-state index contributed by atoms with van der Waals surface area (Å²) in [4.78, 5) is 33.4. The smallest absolute Gasteiger partial charge is 0.449 e. The molecule has 1 aliphatic heterocycles. The zero-order chi connectivity index (χ0) is 25.8. The fraction of sp³-hybridized carbons (Fsp3) is 0.345. The summed E-state index contributed by atoms with van der Waals surface area (Å²) in [6.07, 6.45) is 6.93. The van der Waals surface area contributed by atoms with E-state index in [1.807, 2.05) is 47.6 Å². The van der Waals surface area contributed by atoms with Gasteiger partial charge in [0, 0.05) is 37.7 Å². The molecule has 8 heteroatoms. The Hall–Kier alpha value is -3.58. The lowest BCUT2D eigenvalue weighted by atomic mass is 9.92. The molecular formula is C29H30ClN3O4. The molecule has 2 heterocycles. The normalized spacial score (nSPS) is 17.3. The number of aryl methyl sites for hydroxylation is 1. The Bertz CT molecular complexity index is 1260. The van der Waals surface area contributed by atoms with Crippen LogP contribution in [0.25, 0.3) is 0 Å². The third-order valence-electron chi connectivity index (χ3n) is 7.53. The number of amides is 1. The highest BCUT2D eigenvalue weighted by Gasteiger charge is 2.33. The Morgan fingerprint density at radius 3 is 2.54 bits per heavy atom. The maximum Gasteiger partial charge on any atom is 0.511 e. The van der Waals surface area contributed by atoms with E-state index in [9.17, 15) is 9.59 Å². The van der Waals surface area contributed by atoms with Gasteiger partial charge in [0.1, 0.15) is 5.75 Å². The number of carbonyl (C=O) groups is 2. The first-order chi connectivity index (χ1) is 18.0. The molecule has 37 heavy (non-hydrogen) atoms. The van der Waals surface area contributed by atoms with Crippen molar-refractivity contribution in [1.82, 2.24) is 9.88 Å². The van der Waals surface area contributed by atoms with Gasteiger partial charge in [-0.2, -0.15) is 0 Å². The van der Waals surface area contributed by atoms with Gasteiger partial charge in [-0.25, -0.2) is 4.79 Å². The SMILES string of the molecule is O=C(O)Oc1ccc2c(c1)C(N(CCC1CCN(c3ccncc3)CC1)C(=O)c1ccccc1Cl)CC2. The summed E-state index contributed by atoms with van der Waals surface area (Å²) in [5.41, 5.74) is 3.76. The van der Waals surface area contributed by atoms with Gasteiger partial charge in [0.15, 0.2) is 0 Å². The van der Waals surface area contributed by atoms with Crippen molar-refractivity contribution < 1.29 is 19.4 Å². The minimum Gasteiger partial charge on any atom is -0.449 e. The lowest BCUT2D eigenvalue weighted by molar-refractivity contribution is 0.0659. The summed E-state index contributed by atoms with van der Waals surface area (Å²) in [7, 11) is 0. The summed E-state index contributed by atoms with van der Waals surface area (Å²) in [6.45, 7) is 2.57. The highest BCUT2D eigenvalue weighted by Crippen LogP contribution is 2.39. The molecule has 5 rings (SSSR count). The Kier molecular flexibility index (Phi) is 7.60. The third kappa shape index (κ3) is 5.72. The summed E-state index contributed by atoms with van der Waals surface area (Å²) in [6, 6.07) is 16.4. The summed E-state index contributed by atoms with van der Waals surface area (Å²) in [5.74, 6) is 0.691. The zero-order valence-corrected chi connectivity index (χ0v) is 21.3. The van der Waals surface area contributed by atoms with Crippen molar-refractivity contribution in [2.45, 2.75) is 38.1 Å². The van der Waals surface area contributed by atoms with E-state index in [1.54, 1.807) is 24.3 Å². The van der Waals surface area contributed by atoms with Gasteiger partial charge in [-0.1, -0.05) is 29.8 Å². The second-order valence-corrected chi connectivity index (χ2v) is 10.1. The van der Waals surface area contributed by atoms with Crippen LogP contribution < -0.4 is 9.64 Å². The van der Waals surface area contributed by atoms with Crippen molar-refractivity contribution in [3.8, 4) is 5.75 Å². The fourth-order valence-corrected chi connectivity index (χ4v) is 5.81. The van der Waals surface area contributed by atoms with Gasteiger partial charge in [0.25, 0.3) is 5.91 Å². The number of carbonyl (C=O) groups excluding carboxylic acids is 1. The van der Waals surface area contributed by atoms with Crippen LogP contribution >= 0.6 is 11.6 Å². The molecule has 1 unspecified atom stereocenters. The van der Waals surface area contributed by atoms with Crippen molar-refractivity contribution >= 4 is 29.4 Å². The molecule has 1 aliphatic carbocycles.